The van der Waals surface area contributed by atoms with Gasteiger partial charge >= 0.3 is 5.97 Å². The summed E-state index contributed by atoms with van der Waals surface area (Å²) < 4.78 is 5.81. The average Bonchev–Trinajstić information content (AvgIpc) is 2.73. The SMILES string of the molecule is CCOC(=O)c1ccc(N2CCN(C(=O)c3ccccc3I)CC2)c([N+](=O)[O-])c1. The van der Waals surface area contributed by atoms with Gasteiger partial charge in [-0.15, -0.1) is 0 Å². The van der Waals surface area contributed by atoms with Crippen LogP contribution in [-0.4, -0.2) is 54.5 Å². The van der Waals surface area contributed by atoms with Gasteiger partial charge in [0.15, 0.2) is 0 Å². The van der Waals surface area contributed by atoms with E-state index in [9.17, 15) is 19.7 Å². The van der Waals surface area contributed by atoms with Gasteiger partial charge in [0.2, 0.25) is 0 Å². The molecule has 0 radical (unpaired) electrons. The number of halogens is 1. The number of ether oxygens (including phenoxy) is 1. The van der Waals surface area contributed by atoms with Crippen molar-refractivity contribution in [2.45, 2.75) is 6.92 Å². The Hall–Kier alpha value is -2.69. The van der Waals surface area contributed by atoms with Gasteiger partial charge in [0.25, 0.3) is 11.6 Å². The molecule has 1 heterocycles. The lowest BCUT2D eigenvalue weighted by atomic mass is 10.1. The van der Waals surface area contributed by atoms with E-state index in [1.54, 1.807) is 24.0 Å². The van der Waals surface area contributed by atoms with Crippen molar-refractivity contribution in [3.63, 3.8) is 0 Å². The Morgan fingerprint density at radius 1 is 1.14 bits per heavy atom. The molecule has 8 nitrogen and oxygen atoms in total. The van der Waals surface area contributed by atoms with E-state index in [0.29, 0.717) is 37.4 Å². The first kappa shape index (κ1) is 21.0. The third-order valence-electron chi connectivity index (χ3n) is 4.70. The summed E-state index contributed by atoms with van der Waals surface area (Å²) in [6.07, 6.45) is 0. The van der Waals surface area contributed by atoms with E-state index in [4.69, 9.17) is 4.74 Å². The molecule has 0 atom stereocenters. The highest BCUT2D eigenvalue weighted by Crippen LogP contribution is 2.30. The lowest BCUT2D eigenvalue weighted by Crippen LogP contribution is -2.49. The van der Waals surface area contributed by atoms with Crippen LogP contribution in [0.4, 0.5) is 11.4 Å². The highest BCUT2D eigenvalue weighted by Gasteiger charge is 2.28. The number of hydrogen-bond donors (Lipinski definition) is 0. The van der Waals surface area contributed by atoms with Gasteiger partial charge in [-0.3, -0.25) is 14.9 Å². The van der Waals surface area contributed by atoms with Gasteiger partial charge in [-0.1, -0.05) is 12.1 Å². The van der Waals surface area contributed by atoms with Crippen LogP contribution in [0.5, 0.6) is 0 Å². The van der Waals surface area contributed by atoms with Crippen molar-refractivity contribution in [3.05, 3.63) is 67.3 Å². The average molecular weight is 509 g/mol. The van der Waals surface area contributed by atoms with Crippen LogP contribution >= 0.6 is 22.6 Å². The number of carbonyl (C=O) groups excluding carboxylic acids is 2. The molecule has 0 saturated carbocycles. The second-order valence-electron chi connectivity index (χ2n) is 6.44. The molecule has 2 aromatic rings. The summed E-state index contributed by atoms with van der Waals surface area (Å²) in [7, 11) is 0. The van der Waals surface area contributed by atoms with Crippen molar-refractivity contribution < 1.29 is 19.2 Å². The first-order valence-electron chi connectivity index (χ1n) is 9.16. The maximum atomic E-state index is 12.8. The summed E-state index contributed by atoms with van der Waals surface area (Å²) in [5.41, 5.74) is 1.10. The third-order valence-corrected chi connectivity index (χ3v) is 5.64. The molecule has 0 aromatic heterocycles. The first-order chi connectivity index (χ1) is 13.9. The van der Waals surface area contributed by atoms with Crippen molar-refractivity contribution in [1.29, 1.82) is 0 Å². The lowest BCUT2D eigenvalue weighted by molar-refractivity contribution is -0.384. The molecular weight excluding hydrogens is 489 g/mol. The maximum Gasteiger partial charge on any atom is 0.338 e. The minimum Gasteiger partial charge on any atom is -0.462 e. The smallest absolute Gasteiger partial charge is 0.338 e. The van der Waals surface area contributed by atoms with Crippen LogP contribution < -0.4 is 4.90 Å². The van der Waals surface area contributed by atoms with E-state index in [0.717, 1.165) is 3.57 Å². The molecule has 0 unspecified atom stereocenters. The standard InChI is InChI=1S/C20H20IN3O5/c1-2-29-20(26)14-7-8-17(18(13-14)24(27)28)22-9-11-23(12-10-22)19(25)15-5-3-4-6-16(15)21/h3-8,13H,2,9-12H2,1H3. The number of benzene rings is 2. The van der Waals surface area contributed by atoms with Gasteiger partial charge in [0.1, 0.15) is 5.69 Å². The highest BCUT2D eigenvalue weighted by atomic mass is 127. The zero-order valence-electron chi connectivity index (χ0n) is 15.8. The normalized spacial score (nSPS) is 13.9. The van der Waals surface area contributed by atoms with Gasteiger partial charge < -0.3 is 14.5 Å². The fourth-order valence-electron chi connectivity index (χ4n) is 3.23. The molecule has 152 valence electrons. The third kappa shape index (κ3) is 4.66. The van der Waals surface area contributed by atoms with Crippen molar-refractivity contribution in [3.8, 4) is 0 Å². The molecule has 1 fully saturated rings. The predicted molar refractivity (Wildman–Crippen MR) is 116 cm³/mol. The molecule has 0 N–H and O–H groups in total. The zero-order valence-corrected chi connectivity index (χ0v) is 18.0. The zero-order chi connectivity index (χ0) is 21.0. The number of anilines is 1. The van der Waals surface area contributed by atoms with Crippen LogP contribution in [0.2, 0.25) is 0 Å². The number of hydrogen-bond acceptors (Lipinski definition) is 6. The Labute approximate surface area is 181 Å². The van der Waals surface area contributed by atoms with E-state index in [2.05, 4.69) is 22.6 Å². The number of amides is 1. The summed E-state index contributed by atoms with van der Waals surface area (Å²) >= 11 is 2.14. The van der Waals surface area contributed by atoms with E-state index >= 15 is 0 Å². The van der Waals surface area contributed by atoms with Gasteiger partial charge in [-0.2, -0.15) is 0 Å². The summed E-state index contributed by atoms with van der Waals surface area (Å²) in [4.78, 5) is 39.3. The van der Waals surface area contributed by atoms with E-state index < -0.39 is 10.9 Å². The number of nitro groups is 1. The van der Waals surface area contributed by atoms with Crippen LogP contribution in [-0.2, 0) is 4.74 Å². The van der Waals surface area contributed by atoms with Gasteiger partial charge in [-0.25, -0.2) is 4.79 Å². The number of carbonyl (C=O) groups is 2. The van der Waals surface area contributed by atoms with Crippen molar-refractivity contribution in [2.75, 3.05) is 37.7 Å². The minimum atomic E-state index is -0.588. The fourth-order valence-corrected chi connectivity index (χ4v) is 3.85. The monoisotopic (exact) mass is 509 g/mol. The molecule has 0 aliphatic carbocycles. The Morgan fingerprint density at radius 2 is 1.83 bits per heavy atom. The number of nitro benzene ring substituents is 1. The molecule has 29 heavy (non-hydrogen) atoms. The molecule has 0 spiro atoms. The number of rotatable bonds is 5. The molecule has 1 amide bonds. The van der Waals surface area contributed by atoms with Crippen LogP contribution in [0.1, 0.15) is 27.6 Å². The van der Waals surface area contributed by atoms with Crippen LogP contribution in [0.3, 0.4) is 0 Å². The summed E-state index contributed by atoms with van der Waals surface area (Å²) in [6, 6.07) is 11.8. The minimum absolute atomic E-state index is 0.0400. The predicted octanol–water partition coefficient (Wildman–Crippen LogP) is 3.34. The maximum absolute atomic E-state index is 12.8. The highest BCUT2D eigenvalue weighted by molar-refractivity contribution is 14.1. The van der Waals surface area contributed by atoms with Crippen LogP contribution in [0.15, 0.2) is 42.5 Å². The molecule has 0 bridgehead atoms. The second-order valence-corrected chi connectivity index (χ2v) is 7.60. The number of nitrogens with zero attached hydrogens (tertiary/aromatic N) is 3. The van der Waals surface area contributed by atoms with E-state index in [1.165, 1.54) is 12.1 Å². The molecule has 2 aromatic carbocycles. The molecule has 1 saturated heterocycles. The largest absolute Gasteiger partial charge is 0.462 e. The van der Waals surface area contributed by atoms with Gasteiger partial charge in [0, 0.05) is 35.8 Å². The van der Waals surface area contributed by atoms with E-state index in [-0.39, 0.29) is 23.8 Å². The Morgan fingerprint density at radius 3 is 2.45 bits per heavy atom. The summed E-state index contributed by atoms with van der Waals surface area (Å²) in [6.45, 7) is 3.73. The molecule has 1 aliphatic heterocycles. The van der Waals surface area contributed by atoms with Crippen molar-refractivity contribution >= 4 is 45.8 Å². The molecule has 1 aliphatic rings. The van der Waals surface area contributed by atoms with Gasteiger partial charge in [0.05, 0.1) is 22.7 Å². The quantitative estimate of drug-likeness (QED) is 0.266. The van der Waals surface area contributed by atoms with E-state index in [1.807, 2.05) is 23.1 Å². The fraction of sp³-hybridized carbons (Fsp3) is 0.300. The molecule has 9 heteroatoms. The van der Waals surface area contributed by atoms with Crippen molar-refractivity contribution in [1.82, 2.24) is 4.90 Å². The topological polar surface area (TPSA) is 93.0 Å². The Bertz CT molecular complexity index is 941. The lowest BCUT2D eigenvalue weighted by Gasteiger charge is -2.36. The molecular formula is C20H20IN3O5. The second kappa shape index (κ2) is 9.21. The summed E-state index contributed by atoms with van der Waals surface area (Å²) in [5.74, 6) is -0.628. The van der Waals surface area contributed by atoms with Crippen LogP contribution in [0.25, 0.3) is 0 Å². The molecule has 3 rings (SSSR count). The summed E-state index contributed by atoms with van der Waals surface area (Å²) in [5, 5.41) is 11.6. The number of piperazine rings is 1. The van der Waals surface area contributed by atoms with Crippen molar-refractivity contribution in [2.24, 2.45) is 0 Å². The van der Waals surface area contributed by atoms with Crippen LogP contribution in [0, 0.1) is 13.7 Å². The van der Waals surface area contributed by atoms with Gasteiger partial charge in [-0.05, 0) is 53.8 Å². The Kier molecular flexibility index (Phi) is 6.68. The Balaban J connectivity index is 1.75. The number of esters is 1. The first-order valence-corrected chi connectivity index (χ1v) is 10.2.